The quantitative estimate of drug-likeness (QED) is 0.846. The molecule has 20 heavy (non-hydrogen) atoms. The van der Waals surface area contributed by atoms with Crippen molar-refractivity contribution in [1.29, 1.82) is 0 Å². The summed E-state index contributed by atoms with van der Waals surface area (Å²) in [6.07, 6.45) is 5.47. The second-order valence-electron chi connectivity index (χ2n) is 5.16. The first-order valence-corrected chi connectivity index (χ1v) is 8.15. The molecule has 2 aromatic heterocycles. The maximum Gasteiger partial charge on any atom is 0.224 e. The fraction of sp³-hybridized carbons (Fsp3) is 0.467. The second-order valence-corrected chi connectivity index (χ2v) is 5.94. The summed E-state index contributed by atoms with van der Waals surface area (Å²) in [5.41, 5.74) is 1.36. The van der Waals surface area contributed by atoms with Crippen molar-refractivity contribution in [1.82, 2.24) is 9.97 Å². The van der Waals surface area contributed by atoms with Crippen LogP contribution in [0.3, 0.4) is 0 Å². The molecule has 1 aliphatic rings. The highest BCUT2D eigenvalue weighted by atomic mass is 32.1. The molecule has 1 aliphatic carbocycles. The van der Waals surface area contributed by atoms with Crippen LogP contribution in [-0.2, 0) is 6.54 Å². The van der Waals surface area contributed by atoms with Gasteiger partial charge in [-0.2, -0.15) is 16.3 Å². The molecule has 1 saturated carbocycles. The topological polar surface area (TPSA) is 41.1 Å². The minimum atomic E-state index is 0.642. The predicted octanol–water partition coefficient (Wildman–Crippen LogP) is 3.53. The van der Waals surface area contributed by atoms with Gasteiger partial charge < -0.3 is 10.2 Å². The van der Waals surface area contributed by atoms with E-state index in [1.165, 1.54) is 18.4 Å². The summed E-state index contributed by atoms with van der Waals surface area (Å²) in [5.74, 6) is 1.77. The minimum Gasteiger partial charge on any atom is -0.354 e. The van der Waals surface area contributed by atoms with Crippen LogP contribution in [-0.4, -0.2) is 22.6 Å². The molecular formula is C15H20N4S. The SMILES string of the molecule is CCCNc1nccc(N(Cc2ccsc2)C2CC2)n1. The van der Waals surface area contributed by atoms with E-state index in [0.717, 1.165) is 31.3 Å². The van der Waals surface area contributed by atoms with Crippen molar-refractivity contribution < 1.29 is 0 Å². The maximum absolute atomic E-state index is 4.66. The van der Waals surface area contributed by atoms with E-state index in [-0.39, 0.29) is 0 Å². The van der Waals surface area contributed by atoms with E-state index in [9.17, 15) is 0 Å². The van der Waals surface area contributed by atoms with Crippen LogP contribution in [0.4, 0.5) is 11.8 Å². The van der Waals surface area contributed by atoms with Gasteiger partial charge in [0.25, 0.3) is 0 Å². The molecule has 0 saturated heterocycles. The van der Waals surface area contributed by atoms with Crippen LogP contribution in [0.5, 0.6) is 0 Å². The first-order valence-electron chi connectivity index (χ1n) is 7.21. The highest BCUT2D eigenvalue weighted by molar-refractivity contribution is 7.07. The number of hydrogen-bond acceptors (Lipinski definition) is 5. The molecule has 5 heteroatoms. The normalized spacial score (nSPS) is 14.2. The highest BCUT2D eigenvalue weighted by Gasteiger charge is 2.30. The average molecular weight is 288 g/mol. The lowest BCUT2D eigenvalue weighted by atomic mass is 10.3. The maximum atomic E-state index is 4.66. The summed E-state index contributed by atoms with van der Waals surface area (Å²) in [5, 5.41) is 7.61. The third kappa shape index (κ3) is 3.28. The monoisotopic (exact) mass is 288 g/mol. The van der Waals surface area contributed by atoms with Gasteiger partial charge in [0.05, 0.1) is 0 Å². The lowest BCUT2D eigenvalue weighted by Gasteiger charge is -2.23. The minimum absolute atomic E-state index is 0.642. The van der Waals surface area contributed by atoms with Gasteiger partial charge in [0.15, 0.2) is 0 Å². The molecule has 3 rings (SSSR count). The van der Waals surface area contributed by atoms with E-state index in [2.05, 4.69) is 43.9 Å². The lowest BCUT2D eigenvalue weighted by Crippen LogP contribution is -2.26. The Morgan fingerprint density at radius 2 is 2.30 bits per heavy atom. The number of anilines is 2. The van der Waals surface area contributed by atoms with Crippen LogP contribution < -0.4 is 10.2 Å². The smallest absolute Gasteiger partial charge is 0.224 e. The molecule has 2 aromatic rings. The molecule has 2 heterocycles. The average Bonchev–Trinajstić information content (AvgIpc) is 3.19. The van der Waals surface area contributed by atoms with E-state index in [1.807, 2.05) is 12.3 Å². The van der Waals surface area contributed by atoms with E-state index >= 15 is 0 Å². The molecule has 0 unspecified atom stereocenters. The summed E-state index contributed by atoms with van der Waals surface area (Å²) in [4.78, 5) is 11.4. The van der Waals surface area contributed by atoms with Gasteiger partial charge in [0, 0.05) is 25.3 Å². The Morgan fingerprint density at radius 1 is 1.40 bits per heavy atom. The van der Waals surface area contributed by atoms with Crippen LogP contribution in [0, 0.1) is 0 Å². The van der Waals surface area contributed by atoms with E-state index in [4.69, 9.17) is 0 Å². The van der Waals surface area contributed by atoms with Gasteiger partial charge in [0.2, 0.25) is 5.95 Å². The Bertz CT molecular complexity index is 537. The molecule has 0 bridgehead atoms. The van der Waals surface area contributed by atoms with Crippen molar-refractivity contribution in [2.24, 2.45) is 0 Å². The first-order chi connectivity index (χ1) is 9.86. The van der Waals surface area contributed by atoms with Crippen molar-refractivity contribution in [3.8, 4) is 0 Å². The fourth-order valence-corrected chi connectivity index (χ4v) is 2.85. The van der Waals surface area contributed by atoms with Crippen molar-refractivity contribution in [3.63, 3.8) is 0 Å². The Kier molecular flexibility index (Phi) is 4.16. The highest BCUT2D eigenvalue weighted by Crippen LogP contribution is 2.32. The summed E-state index contributed by atoms with van der Waals surface area (Å²) in [6.45, 7) is 4.00. The molecular weight excluding hydrogens is 268 g/mol. The van der Waals surface area contributed by atoms with Crippen molar-refractivity contribution in [3.05, 3.63) is 34.7 Å². The van der Waals surface area contributed by atoms with E-state index in [0.29, 0.717) is 6.04 Å². The third-order valence-electron chi connectivity index (χ3n) is 3.39. The van der Waals surface area contributed by atoms with Crippen LogP contribution in [0.2, 0.25) is 0 Å². The van der Waals surface area contributed by atoms with Crippen LogP contribution in [0.15, 0.2) is 29.1 Å². The Morgan fingerprint density at radius 3 is 3.00 bits per heavy atom. The predicted molar refractivity (Wildman–Crippen MR) is 84.3 cm³/mol. The third-order valence-corrected chi connectivity index (χ3v) is 4.12. The number of hydrogen-bond donors (Lipinski definition) is 1. The van der Waals surface area contributed by atoms with Crippen LogP contribution in [0.25, 0.3) is 0 Å². The zero-order chi connectivity index (χ0) is 13.8. The summed E-state index contributed by atoms with van der Waals surface area (Å²) in [7, 11) is 0. The van der Waals surface area contributed by atoms with Crippen LogP contribution in [0.1, 0.15) is 31.7 Å². The molecule has 1 fully saturated rings. The Hall–Kier alpha value is -1.62. The second kappa shape index (κ2) is 6.22. The molecule has 0 radical (unpaired) electrons. The molecule has 4 nitrogen and oxygen atoms in total. The molecule has 0 amide bonds. The number of thiophene rings is 1. The Balaban J connectivity index is 1.76. The van der Waals surface area contributed by atoms with Gasteiger partial charge in [0.1, 0.15) is 5.82 Å². The van der Waals surface area contributed by atoms with Crippen molar-refractivity contribution in [2.45, 2.75) is 38.8 Å². The zero-order valence-electron chi connectivity index (χ0n) is 11.7. The molecule has 0 aliphatic heterocycles. The number of nitrogens with zero attached hydrogens (tertiary/aromatic N) is 3. The number of aromatic nitrogens is 2. The van der Waals surface area contributed by atoms with Gasteiger partial charge in [-0.3, -0.25) is 0 Å². The van der Waals surface area contributed by atoms with Crippen molar-refractivity contribution >= 4 is 23.1 Å². The molecule has 0 spiro atoms. The lowest BCUT2D eigenvalue weighted by molar-refractivity contribution is 0.777. The van der Waals surface area contributed by atoms with Gasteiger partial charge in [-0.1, -0.05) is 6.92 Å². The van der Waals surface area contributed by atoms with Gasteiger partial charge >= 0.3 is 0 Å². The molecule has 1 N–H and O–H groups in total. The molecule has 0 atom stereocenters. The summed E-state index contributed by atoms with van der Waals surface area (Å²) >= 11 is 1.75. The fourth-order valence-electron chi connectivity index (χ4n) is 2.19. The van der Waals surface area contributed by atoms with E-state index in [1.54, 1.807) is 11.3 Å². The van der Waals surface area contributed by atoms with Gasteiger partial charge in [-0.25, -0.2) is 4.98 Å². The number of rotatable bonds is 7. The van der Waals surface area contributed by atoms with Crippen molar-refractivity contribution in [2.75, 3.05) is 16.8 Å². The van der Waals surface area contributed by atoms with Gasteiger partial charge in [-0.05, 0) is 47.7 Å². The molecule has 106 valence electrons. The Labute approximate surface area is 123 Å². The van der Waals surface area contributed by atoms with Crippen LogP contribution >= 0.6 is 11.3 Å². The molecule has 0 aromatic carbocycles. The van der Waals surface area contributed by atoms with E-state index < -0.39 is 0 Å². The number of nitrogens with one attached hydrogen (secondary N) is 1. The summed E-state index contributed by atoms with van der Waals surface area (Å²) < 4.78 is 0. The standard InChI is InChI=1S/C15H20N4S/c1-2-7-16-15-17-8-5-14(18-15)19(13-3-4-13)10-12-6-9-20-11-12/h5-6,8-9,11,13H,2-4,7,10H2,1H3,(H,16,17,18). The zero-order valence-corrected chi connectivity index (χ0v) is 12.6. The largest absolute Gasteiger partial charge is 0.354 e. The first kappa shape index (κ1) is 13.4. The summed E-state index contributed by atoms with van der Waals surface area (Å²) in [6, 6.07) is 4.85. The van der Waals surface area contributed by atoms with Gasteiger partial charge in [-0.15, -0.1) is 0 Å².